The summed E-state index contributed by atoms with van der Waals surface area (Å²) in [5, 5.41) is 5.42. The molecule has 0 aromatic heterocycles. The van der Waals surface area contributed by atoms with Gasteiger partial charge in [0.25, 0.3) is 0 Å². The summed E-state index contributed by atoms with van der Waals surface area (Å²) in [5.41, 5.74) is 0. The number of fused-ring (bicyclic) bond motifs is 3. The molecule has 0 bridgehead atoms. The molecule has 0 aliphatic rings. The fraction of sp³-hybridized carbons (Fsp3) is 0. The second-order valence-corrected chi connectivity index (χ2v) is 4.41. The van der Waals surface area contributed by atoms with Crippen LogP contribution < -0.4 is 0 Å². The van der Waals surface area contributed by atoms with Crippen LogP contribution in [0.15, 0.2) is 36.4 Å². The molecule has 0 saturated heterocycles. The zero-order valence-electron chi connectivity index (χ0n) is 8.22. The lowest BCUT2D eigenvalue weighted by molar-refractivity contribution is 1.74. The monoisotopic (exact) mass is 244 g/mol. The maximum absolute atomic E-state index is 6.21. The molecule has 0 atom stereocenters. The Balaban J connectivity index is 2.67. The molecule has 3 aromatic rings. The fourth-order valence-corrected chi connectivity index (χ4v) is 2.48. The summed E-state index contributed by atoms with van der Waals surface area (Å²) >= 11 is 12.4. The molecule has 0 N–H and O–H groups in total. The number of hydrogen-bond donors (Lipinski definition) is 0. The van der Waals surface area contributed by atoms with Gasteiger partial charge >= 0.3 is 0 Å². The van der Waals surface area contributed by atoms with Crippen LogP contribution in [0.1, 0.15) is 0 Å². The van der Waals surface area contributed by atoms with E-state index < -0.39 is 0 Å². The minimum absolute atomic E-state index is 0.677. The SMILES string of the molecule is Clc1c[c]cc2ccc3c[c]cc(Cl)c3c12. The van der Waals surface area contributed by atoms with Crippen LogP contribution >= 0.6 is 23.2 Å². The Hall–Kier alpha value is -1.24. The van der Waals surface area contributed by atoms with Gasteiger partial charge in [0.2, 0.25) is 0 Å². The van der Waals surface area contributed by atoms with Gasteiger partial charge in [-0.25, -0.2) is 0 Å². The zero-order chi connectivity index (χ0) is 11.1. The van der Waals surface area contributed by atoms with Gasteiger partial charge in [-0.3, -0.25) is 0 Å². The average Bonchev–Trinajstić information content (AvgIpc) is 2.29. The van der Waals surface area contributed by atoms with E-state index in [1.54, 1.807) is 12.1 Å². The van der Waals surface area contributed by atoms with E-state index in [0.717, 1.165) is 21.5 Å². The van der Waals surface area contributed by atoms with E-state index in [1.165, 1.54) is 0 Å². The van der Waals surface area contributed by atoms with Crippen molar-refractivity contribution in [2.24, 2.45) is 0 Å². The third-order valence-electron chi connectivity index (χ3n) is 2.65. The summed E-state index contributed by atoms with van der Waals surface area (Å²) in [6.45, 7) is 0. The van der Waals surface area contributed by atoms with Gasteiger partial charge in [0.1, 0.15) is 0 Å². The van der Waals surface area contributed by atoms with Gasteiger partial charge in [0.15, 0.2) is 0 Å². The molecule has 0 saturated carbocycles. The standard InChI is InChI=1S/C14H6Cl2/c15-11-5-1-3-9-7-8-10-4-2-6-12(16)14(10)13(9)11/h3-8H. The molecule has 2 heteroatoms. The van der Waals surface area contributed by atoms with Gasteiger partial charge in [-0.2, -0.15) is 0 Å². The molecular formula is C14H6Cl2. The highest BCUT2D eigenvalue weighted by Crippen LogP contribution is 2.34. The van der Waals surface area contributed by atoms with Gasteiger partial charge < -0.3 is 0 Å². The lowest BCUT2D eigenvalue weighted by atomic mass is 10.0. The maximum Gasteiger partial charge on any atom is 0.0497 e. The quantitative estimate of drug-likeness (QED) is 0.494. The van der Waals surface area contributed by atoms with Crippen molar-refractivity contribution in [2.45, 2.75) is 0 Å². The number of halogens is 2. The Morgan fingerprint density at radius 3 is 1.56 bits per heavy atom. The molecule has 2 radical (unpaired) electrons. The van der Waals surface area contributed by atoms with Crippen molar-refractivity contribution in [2.75, 3.05) is 0 Å². The summed E-state index contributed by atoms with van der Waals surface area (Å²) in [4.78, 5) is 0. The predicted molar refractivity (Wildman–Crippen MR) is 69.1 cm³/mol. The van der Waals surface area contributed by atoms with E-state index in [-0.39, 0.29) is 0 Å². The first kappa shape index (κ1) is 9.95. The summed E-state index contributed by atoms with van der Waals surface area (Å²) in [5.74, 6) is 0. The molecule has 0 spiro atoms. The van der Waals surface area contributed by atoms with Crippen molar-refractivity contribution in [3.05, 3.63) is 58.6 Å². The zero-order valence-corrected chi connectivity index (χ0v) is 9.73. The minimum Gasteiger partial charge on any atom is -0.0836 e. The van der Waals surface area contributed by atoms with Gasteiger partial charge in [-0.1, -0.05) is 35.3 Å². The lowest BCUT2D eigenvalue weighted by Crippen LogP contribution is -1.80. The predicted octanol–water partition coefficient (Wildman–Crippen LogP) is 4.90. The molecular weight excluding hydrogens is 239 g/mol. The topological polar surface area (TPSA) is 0 Å². The maximum atomic E-state index is 6.21. The number of rotatable bonds is 0. The van der Waals surface area contributed by atoms with Crippen LogP contribution in [-0.4, -0.2) is 0 Å². The van der Waals surface area contributed by atoms with E-state index in [2.05, 4.69) is 12.1 Å². The van der Waals surface area contributed by atoms with Crippen LogP contribution in [0, 0.1) is 12.1 Å². The third kappa shape index (κ3) is 1.38. The molecule has 76 valence electrons. The molecule has 0 heterocycles. The molecule has 0 unspecified atom stereocenters. The van der Waals surface area contributed by atoms with E-state index in [0.29, 0.717) is 10.0 Å². The third-order valence-corrected chi connectivity index (χ3v) is 3.24. The van der Waals surface area contributed by atoms with Crippen molar-refractivity contribution >= 4 is 44.7 Å². The molecule has 0 amide bonds. The van der Waals surface area contributed by atoms with Crippen LogP contribution in [0.5, 0.6) is 0 Å². The molecule has 16 heavy (non-hydrogen) atoms. The van der Waals surface area contributed by atoms with Gasteiger partial charge in [0, 0.05) is 20.8 Å². The second-order valence-electron chi connectivity index (χ2n) is 3.60. The molecule has 0 aliphatic heterocycles. The van der Waals surface area contributed by atoms with Crippen molar-refractivity contribution in [1.29, 1.82) is 0 Å². The molecule has 3 rings (SSSR count). The van der Waals surface area contributed by atoms with Gasteiger partial charge in [-0.15, -0.1) is 0 Å². The largest absolute Gasteiger partial charge is 0.0836 e. The highest BCUT2D eigenvalue weighted by atomic mass is 35.5. The second kappa shape index (κ2) is 3.65. The Kier molecular flexibility index (Phi) is 2.27. The van der Waals surface area contributed by atoms with E-state index in [1.807, 2.05) is 24.3 Å². The van der Waals surface area contributed by atoms with Crippen LogP contribution in [0.3, 0.4) is 0 Å². The smallest absolute Gasteiger partial charge is 0.0497 e. The Morgan fingerprint density at radius 2 is 1.12 bits per heavy atom. The van der Waals surface area contributed by atoms with Crippen LogP contribution in [0.2, 0.25) is 10.0 Å². The lowest BCUT2D eigenvalue weighted by Gasteiger charge is -2.06. The highest BCUT2D eigenvalue weighted by molar-refractivity contribution is 6.42. The number of hydrogen-bond acceptors (Lipinski definition) is 0. The van der Waals surface area contributed by atoms with Crippen molar-refractivity contribution < 1.29 is 0 Å². The van der Waals surface area contributed by atoms with Crippen molar-refractivity contribution in [1.82, 2.24) is 0 Å². The molecule has 0 fully saturated rings. The number of benzene rings is 3. The van der Waals surface area contributed by atoms with Crippen LogP contribution in [0.4, 0.5) is 0 Å². The molecule has 0 aliphatic carbocycles. The van der Waals surface area contributed by atoms with Gasteiger partial charge in [-0.05, 0) is 47.2 Å². The van der Waals surface area contributed by atoms with Crippen LogP contribution in [-0.2, 0) is 0 Å². The average molecular weight is 245 g/mol. The van der Waals surface area contributed by atoms with Gasteiger partial charge in [0.05, 0.1) is 0 Å². The summed E-state index contributed by atoms with van der Waals surface area (Å²) in [6, 6.07) is 17.4. The fourth-order valence-electron chi connectivity index (χ4n) is 1.94. The normalized spacial score (nSPS) is 11.1. The summed E-state index contributed by atoms with van der Waals surface area (Å²) in [7, 11) is 0. The van der Waals surface area contributed by atoms with Crippen molar-refractivity contribution in [3.63, 3.8) is 0 Å². The molecule has 0 nitrogen and oxygen atoms in total. The highest BCUT2D eigenvalue weighted by Gasteiger charge is 2.06. The summed E-state index contributed by atoms with van der Waals surface area (Å²) in [6.07, 6.45) is 0. The Bertz CT molecular complexity index is 626. The first-order valence-corrected chi connectivity index (χ1v) is 5.60. The Labute approximate surface area is 103 Å². The Morgan fingerprint density at radius 1 is 0.688 bits per heavy atom. The first-order chi connectivity index (χ1) is 7.77. The van der Waals surface area contributed by atoms with Crippen LogP contribution in [0.25, 0.3) is 21.5 Å². The van der Waals surface area contributed by atoms with Crippen molar-refractivity contribution in [3.8, 4) is 0 Å². The van der Waals surface area contributed by atoms with E-state index in [4.69, 9.17) is 23.2 Å². The van der Waals surface area contributed by atoms with E-state index >= 15 is 0 Å². The van der Waals surface area contributed by atoms with E-state index in [9.17, 15) is 0 Å². The molecule has 3 aromatic carbocycles. The first-order valence-electron chi connectivity index (χ1n) is 4.85. The minimum atomic E-state index is 0.677. The summed E-state index contributed by atoms with van der Waals surface area (Å²) < 4.78 is 0.